The molecule has 0 aromatic heterocycles. The average molecular weight is 361 g/mol. The smallest absolute Gasteiger partial charge is 0.137 e. The Morgan fingerprint density at radius 1 is 1.00 bits per heavy atom. The van der Waals surface area contributed by atoms with Gasteiger partial charge in [0.15, 0.2) is 0 Å². The molecule has 4 aliphatic heterocycles. The van der Waals surface area contributed by atoms with E-state index in [1.54, 1.807) is 0 Å². The predicted octanol–water partition coefficient (Wildman–Crippen LogP) is 2.35. The Kier molecular flexibility index (Phi) is 4.48. The number of rotatable bonds is 3. The van der Waals surface area contributed by atoms with Gasteiger partial charge in [0.05, 0.1) is 6.04 Å². The Morgan fingerprint density at radius 2 is 1.85 bits per heavy atom. The van der Waals surface area contributed by atoms with E-state index in [0.717, 1.165) is 51.4 Å². The minimum absolute atomic E-state index is 0.0521. The van der Waals surface area contributed by atoms with E-state index in [4.69, 9.17) is 0 Å². The van der Waals surface area contributed by atoms with Crippen LogP contribution in [-0.2, 0) is 0 Å². The van der Waals surface area contributed by atoms with Crippen LogP contribution in [0.4, 0.5) is 4.39 Å². The lowest BCUT2D eigenvalue weighted by atomic mass is 9.81. The summed E-state index contributed by atoms with van der Waals surface area (Å²) in [5, 5.41) is 3.28. The van der Waals surface area contributed by atoms with Crippen LogP contribution in [-0.4, -0.2) is 78.8 Å². The molecule has 1 N–H and O–H groups in total. The van der Waals surface area contributed by atoms with Gasteiger partial charge in [-0.15, -0.1) is 0 Å². The molecule has 3 saturated heterocycles. The molecule has 0 spiro atoms. The molecule has 0 bridgehead atoms. The standard InChI is InChI=1S/C21H33FN4/c1-15(26-12-11-24-8-2-3-17(24)14-26)16-6-9-25(10-7-16)21-18-4-5-20(18)23-13-19(21)22/h16-17,19,21,23H,1-14H2. The van der Waals surface area contributed by atoms with Crippen LogP contribution >= 0.6 is 0 Å². The Morgan fingerprint density at radius 3 is 2.62 bits per heavy atom. The van der Waals surface area contributed by atoms with Crippen molar-refractivity contribution in [3.05, 3.63) is 23.5 Å². The third-order valence-electron chi connectivity index (χ3n) is 7.63. The lowest BCUT2D eigenvalue weighted by Gasteiger charge is -2.47. The summed E-state index contributed by atoms with van der Waals surface area (Å²) in [5.41, 5.74) is 4.06. The van der Waals surface area contributed by atoms with Crippen molar-refractivity contribution in [1.82, 2.24) is 20.0 Å². The molecule has 1 aliphatic carbocycles. The topological polar surface area (TPSA) is 21.8 Å². The monoisotopic (exact) mass is 360 g/mol. The van der Waals surface area contributed by atoms with E-state index in [-0.39, 0.29) is 6.04 Å². The molecule has 5 aliphatic rings. The Hall–Kier alpha value is -1.07. The third-order valence-corrected chi connectivity index (χ3v) is 7.63. The second kappa shape index (κ2) is 6.83. The van der Waals surface area contributed by atoms with Crippen molar-refractivity contribution in [1.29, 1.82) is 0 Å². The minimum Gasteiger partial charge on any atom is -0.385 e. The number of alkyl halides is 1. The molecule has 3 unspecified atom stereocenters. The van der Waals surface area contributed by atoms with Crippen molar-refractivity contribution in [3.63, 3.8) is 0 Å². The van der Waals surface area contributed by atoms with Gasteiger partial charge < -0.3 is 10.2 Å². The Bertz CT molecular complexity index is 595. The van der Waals surface area contributed by atoms with Gasteiger partial charge in [0, 0.05) is 49.5 Å². The largest absolute Gasteiger partial charge is 0.385 e. The van der Waals surface area contributed by atoms with Crippen LogP contribution in [0.25, 0.3) is 0 Å². The van der Waals surface area contributed by atoms with Crippen LogP contribution in [0.3, 0.4) is 0 Å². The normalized spacial score (nSPS) is 36.3. The Labute approximate surface area is 157 Å². The van der Waals surface area contributed by atoms with E-state index in [0.29, 0.717) is 12.5 Å². The highest BCUT2D eigenvalue weighted by atomic mass is 19.1. The van der Waals surface area contributed by atoms with Gasteiger partial charge in [-0.2, -0.15) is 0 Å². The number of nitrogens with zero attached hydrogens (tertiary/aromatic N) is 3. The second-order valence-corrected chi connectivity index (χ2v) is 8.93. The number of allylic oxidation sites excluding steroid dienone is 2. The van der Waals surface area contributed by atoms with Gasteiger partial charge in [0.1, 0.15) is 6.17 Å². The molecule has 3 fully saturated rings. The van der Waals surface area contributed by atoms with Crippen LogP contribution in [0, 0.1) is 5.92 Å². The fourth-order valence-electron chi connectivity index (χ4n) is 5.94. The summed E-state index contributed by atoms with van der Waals surface area (Å²) < 4.78 is 14.6. The van der Waals surface area contributed by atoms with Crippen LogP contribution in [0.1, 0.15) is 38.5 Å². The van der Waals surface area contributed by atoms with Gasteiger partial charge in [-0.05, 0) is 63.7 Å². The molecular formula is C21H33FN4. The molecule has 3 atom stereocenters. The molecule has 0 saturated carbocycles. The zero-order valence-electron chi connectivity index (χ0n) is 15.9. The molecule has 26 heavy (non-hydrogen) atoms. The molecule has 0 radical (unpaired) electrons. The lowest BCUT2D eigenvalue weighted by Crippen LogP contribution is -2.55. The predicted molar refractivity (Wildman–Crippen MR) is 103 cm³/mol. The maximum atomic E-state index is 14.6. The average Bonchev–Trinajstić information content (AvgIpc) is 3.11. The molecule has 4 nitrogen and oxygen atoms in total. The summed E-state index contributed by atoms with van der Waals surface area (Å²) >= 11 is 0. The van der Waals surface area contributed by atoms with E-state index < -0.39 is 6.17 Å². The lowest BCUT2D eigenvalue weighted by molar-refractivity contribution is 0.0726. The van der Waals surface area contributed by atoms with Crippen LogP contribution < -0.4 is 5.32 Å². The summed E-state index contributed by atoms with van der Waals surface area (Å²) in [6.45, 7) is 11.9. The molecule has 5 heteroatoms. The summed E-state index contributed by atoms with van der Waals surface area (Å²) in [5.74, 6) is 0.592. The van der Waals surface area contributed by atoms with Gasteiger partial charge in [-0.25, -0.2) is 4.39 Å². The van der Waals surface area contributed by atoms with Crippen LogP contribution in [0.15, 0.2) is 23.5 Å². The fourth-order valence-corrected chi connectivity index (χ4v) is 5.94. The van der Waals surface area contributed by atoms with Crippen molar-refractivity contribution < 1.29 is 4.39 Å². The quantitative estimate of drug-likeness (QED) is 0.834. The van der Waals surface area contributed by atoms with E-state index >= 15 is 0 Å². The van der Waals surface area contributed by atoms with Gasteiger partial charge in [0.2, 0.25) is 0 Å². The molecule has 144 valence electrons. The Balaban J connectivity index is 1.18. The third kappa shape index (κ3) is 2.88. The van der Waals surface area contributed by atoms with Crippen LogP contribution in [0.5, 0.6) is 0 Å². The van der Waals surface area contributed by atoms with E-state index in [9.17, 15) is 4.39 Å². The van der Waals surface area contributed by atoms with Crippen LogP contribution in [0.2, 0.25) is 0 Å². The van der Waals surface area contributed by atoms with Gasteiger partial charge in [-0.1, -0.05) is 6.58 Å². The second-order valence-electron chi connectivity index (χ2n) is 8.93. The molecule has 0 aromatic carbocycles. The first-order valence-corrected chi connectivity index (χ1v) is 10.7. The van der Waals surface area contributed by atoms with Crippen molar-refractivity contribution >= 4 is 0 Å². The van der Waals surface area contributed by atoms with E-state index in [1.165, 1.54) is 49.4 Å². The van der Waals surface area contributed by atoms with E-state index in [2.05, 4.69) is 26.6 Å². The summed E-state index contributed by atoms with van der Waals surface area (Å²) in [6.07, 6.45) is 6.47. The maximum absolute atomic E-state index is 14.6. The number of hydrogen-bond acceptors (Lipinski definition) is 4. The maximum Gasteiger partial charge on any atom is 0.137 e. The summed E-state index contributed by atoms with van der Waals surface area (Å²) in [7, 11) is 0. The fraction of sp³-hybridized carbons (Fsp3) is 0.810. The molecular weight excluding hydrogens is 327 g/mol. The number of hydrogen-bond donors (Lipinski definition) is 1. The first-order valence-electron chi connectivity index (χ1n) is 10.7. The van der Waals surface area contributed by atoms with Crippen molar-refractivity contribution in [2.45, 2.75) is 56.8 Å². The van der Waals surface area contributed by atoms with Gasteiger partial charge in [0.25, 0.3) is 0 Å². The number of piperazine rings is 1. The van der Waals surface area contributed by atoms with Gasteiger partial charge >= 0.3 is 0 Å². The molecule has 0 amide bonds. The SMILES string of the molecule is C=C(C1CCN(C2C3=C(CC3)NCC2F)CC1)N1CCN2CCCC2C1. The number of halogens is 1. The molecule has 4 heterocycles. The zero-order valence-corrected chi connectivity index (χ0v) is 15.9. The highest BCUT2D eigenvalue weighted by Crippen LogP contribution is 2.38. The zero-order chi connectivity index (χ0) is 17.7. The molecule has 5 rings (SSSR count). The van der Waals surface area contributed by atoms with Gasteiger partial charge in [-0.3, -0.25) is 9.80 Å². The number of piperidine rings is 1. The minimum atomic E-state index is -0.746. The molecule has 0 aromatic rings. The first kappa shape index (κ1) is 17.1. The number of likely N-dealkylation sites (tertiary alicyclic amines) is 1. The highest BCUT2D eigenvalue weighted by molar-refractivity contribution is 5.32. The van der Waals surface area contributed by atoms with Crippen molar-refractivity contribution in [3.8, 4) is 0 Å². The highest BCUT2D eigenvalue weighted by Gasteiger charge is 2.41. The first-order chi connectivity index (χ1) is 12.7. The number of nitrogens with one attached hydrogen (secondary N) is 1. The van der Waals surface area contributed by atoms with Crippen molar-refractivity contribution in [2.75, 3.05) is 45.8 Å². The van der Waals surface area contributed by atoms with E-state index in [1.807, 2.05) is 0 Å². The van der Waals surface area contributed by atoms with Crippen molar-refractivity contribution in [2.24, 2.45) is 5.92 Å². The summed E-state index contributed by atoms with van der Waals surface area (Å²) in [6, 6.07) is 0.808. The number of fused-ring (bicyclic) bond motifs is 1. The summed E-state index contributed by atoms with van der Waals surface area (Å²) in [4.78, 5) is 7.66.